The van der Waals surface area contributed by atoms with E-state index < -0.39 is 0 Å². The number of hydrogen-bond donors (Lipinski definition) is 0. The van der Waals surface area contributed by atoms with Gasteiger partial charge in [-0.1, -0.05) is 11.1 Å². The van der Waals surface area contributed by atoms with E-state index in [1.54, 1.807) is 6.92 Å². The molecule has 0 aliphatic carbocycles. The zero-order valence-electron chi connectivity index (χ0n) is 9.73. The zero-order chi connectivity index (χ0) is 12.3. The molecule has 0 saturated heterocycles. The smallest absolute Gasteiger partial charge is 0.264 e. The number of hydrogen-bond acceptors (Lipinski definition) is 4. The van der Waals surface area contributed by atoms with Gasteiger partial charge >= 0.3 is 0 Å². The highest BCUT2D eigenvalue weighted by Crippen LogP contribution is 2.17. The van der Waals surface area contributed by atoms with Gasteiger partial charge in [-0.05, 0) is 37.6 Å². The maximum absolute atomic E-state index is 5.52. The summed E-state index contributed by atoms with van der Waals surface area (Å²) in [6, 6.07) is 5.56. The molecule has 0 fully saturated rings. The lowest BCUT2D eigenvalue weighted by Crippen LogP contribution is -1.96. The quantitative estimate of drug-likeness (QED) is 0.756. The van der Waals surface area contributed by atoms with Crippen molar-refractivity contribution in [3.8, 4) is 18.1 Å². The second kappa shape index (κ2) is 4.71. The highest BCUT2D eigenvalue weighted by Gasteiger charge is 2.04. The van der Waals surface area contributed by atoms with Crippen molar-refractivity contribution < 1.29 is 9.26 Å². The van der Waals surface area contributed by atoms with E-state index in [1.807, 2.05) is 25.1 Å². The topological polar surface area (TPSA) is 48.2 Å². The van der Waals surface area contributed by atoms with E-state index in [0.29, 0.717) is 11.7 Å². The molecule has 0 N–H and O–H groups in total. The number of ether oxygens (including phenoxy) is 1. The molecule has 0 aliphatic heterocycles. The fourth-order valence-electron chi connectivity index (χ4n) is 1.43. The standard InChI is InChI=1S/C13H12N2O2/c1-4-11-5-6-12(7-9(11)2)16-8-13-14-10(3)15-17-13/h1,5-7H,8H2,2-3H3. The molecule has 0 saturated carbocycles. The first kappa shape index (κ1) is 11.2. The summed E-state index contributed by atoms with van der Waals surface area (Å²) in [6.45, 7) is 3.97. The lowest BCUT2D eigenvalue weighted by molar-refractivity contribution is 0.242. The maximum atomic E-state index is 5.52. The lowest BCUT2D eigenvalue weighted by atomic mass is 10.1. The molecule has 0 radical (unpaired) electrons. The third kappa shape index (κ3) is 2.64. The summed E-state index contributed by atoms with van der Waals surface area (Å²) in [7, 11) is 0. The van der Waals surface area contributed by atoms with Crippen LogP contribution in [0.4, 0.5) is 0 Å². The van der Waals surface area contributed by atoms with Gasteiger partial charge in [0, 0.05) is 5.56 Å². The summed E-state index contributed by atoms with van der Waals surface area (Å²) in [6.07, 6.45) is 5.34. The molecule has 0 atom stereocenters. The molecule has 0 unspecified atom stereocenters. The van der Waals surface area contributed by atoms with Gasteiger partial charge in [-0.3, -0.25) is 0 Å². The van der Waals surface area contributed by atoms with Crippen molar-refractivity contribution in [3.63, 3.8) is 0 Å². The van der Waals surface area contributed by atoms with Crippen LogP contribution in [0.2, 0.25) is 0 Å². The van der Waals surface area contributed by atoms with Gasteiger partial charge in [0.05, 0.1) is 0 Å². The van der Waals surface area contributed by atoms with Gasteiger partial charge in [0.15, 0.2) is 12.4 Å². The molecule has 4 heteroatoms. The van der Waals surface area contributed by atoms with Gasteiger partial charge < -0.3 is 9.26 Å². The summed E-state index contributed by atoms with van der Waals surface area (Å²) in [5.41, 5.74) is 1.87. The van der Waals surface area contributed by atoms with E-state index in [4.69, 9.17) is 15.7 Å². The molecule has 0 bridgehead atoms. The van der Waals surface area contributed by atoms with E-state index in [9.17, 15) is 0 Å². The molecule has 0 aliphatic rings. The van der Waals surface area contributed by atoms with Crippen molar-refractivity contribution in [3.05, 3.63) is 41.0 Å². The molecule has 2 aromatic rings. The molecule has 4 nitrogen and oxygen atoms in total. The van der Waals surface area contributed by atoms with Gasteiger partial charge in [0.1, 0.15) is 5.75 Å². The summed E-state index contributed by atoms with van der Waals surface area (Å²) in [4.78, 5) is 4.05. The Balaban J connectivity index is 2.05. The van der Waals surface area contributed by atoms with Crippen molar-refractivity contribution in [1.82, 2.24) is 10.1 Å². The fraction of sp³-hybridized carbons (Fsp3) is 0.231. The number of nitrogens with zero attached hydrogens (tertiary/aromatic N) is 2. The highest BCUT2D eigenvalue weighted by molar-refractivity contribution is 5.43. The highest BCUT2D eigenvalue weighted by atomic mass is 16.5. The fourth-order valence-corrected chi connectivity index (χ4v) is 1.43. The molecule has 1 aromatic heterocycles. The van der Waals surface area contributed by atoms with Crippen molar-refractivity contribution >= 4 is 0 Å². The van der Waals surface area contributed by atoms with Crippen LogP contribution in [0.25, 0.3) is 0 Å². The van der Waals surface area contributed by atoms with Crippen molar-refractivity contribution in [2.75, 3.05) is 0 Å². The Labute approximate surface area is 99.6 Å². The number of aromatic nitrogens is 2. The Morgan fingerprint density at radius 1 is 1.41 bits per heavy atom. The van der Waals surface area contributed by atoms with E-state index in [1.165, 1.54) is 0 Å². The molecule has 0 amide bonds. The molecular formula is C13H12N2O2. The van der Waals surface area contributed by atoms with Crippen molar-refractivity contribution in [2.45, 2.75) is 20.5 Å². The first-order chi connectivity index (χ1) is 8.19. The van der Waals surface area contributed by atoms with E-state index in [0.717, 1.165) is 16.9 Å². The lowest BCUT2D eigenvalue weighted by Gasteiger charge is -2.05. The van der Waals surface area contributed by atoms with Crippen LogP contribution >= 0.6 is 0 Å². The van der Waals surface area contributed by atoms with Crippen LogP contribution in [0, 0.1) is 26.2 Å². The van der Waals surface area contributed by atoms with Crippen LogP contribution < -0.4 is 4.74 Å². The summed E-state index contributed by atoms with van der Waals surface area (Å²) >= 11 is 0. The molecular weight excluding hydrogens is 216 g/mol. The largest absolute Gasteiger partial charge is 0.484 e. The monoisotopic (exact) mass is 228 g/mol. The second-order valence-corrected chi connectivity index (χ2v) is 3.65. The minimum atomic E-state index is 0.260. The van der Waals surface area contributed by atoms with Gasteiger partial charge in [-0.25, -0.2) is 0 Å². The first-order valence-corrected chi connectivity index (χ1v) is 5.18. The average Bonchev–Trinajstić information content (AvgIpc) is 2.73. The average molecular weight is 228 g/mol. The predicted molar refractivity (Wildman–Crippen MR) is 62.5 cm³/mol. The van der Waals surface area contributed by atoms with Crippen LogP contribution in [-0.2, 0) is 6.61 Å². The van der Waals surface area contributed by atoms with Gasteiger partial charge in [-0.2, -0.15) is 4.98 Å². The third-order valence-electron chi connectivity index (χ3n) is 2.29. The van der Waals surface area contributed by atoms with Crippen molar-refractivity contribution in [1.29, 1.82) is 0 Å². The van der Waals surface area contributed by atoms with Crippen LogP contribution in [0.1, 0.15) is 22.8 Å². The Kier molecular flexibility index (Phi) is 3.10. The van der Waals surface area contributed by atoms with Crippen LogP contribution in [0.5, 0.6) is 5.75 Å². The molecule has 86 valence electrons. The minimum Gasteiger partial charge on any atom is -0.484 e. The zero-order valence-corrected chi connectivity index (χ0v) is 9.73. The normalized spacial score (nSPS) is 9.94. The SMILES string of the molecule is C#Cc1ccc(OCc2nc(C)no2)cc1C. The number of benzene rings is 1. The van der Waals surface area contributed by atoms with E-state index in [-0.39, 0.29) is 6.61 Å². The minimum absolute atomic E-state index is 0.260. The first-order valence-electron chi connectivity index (χ1n) is 5.18. The Bertz CT molecular complexity index is 567. The number of terminal acetylenes is 1. The Hall–Kier alpha value is -2.28. The maximum Gasteiger partial charge on any atom is 0.264 e. The second-order valence-electron chi connectivity index (χ2n) is 3.65. The third-order valence-corrected chi connectivity index (χ3v) is 2.29. The molecule has 1 aromatic carbocycles. The Morgan fingerprint density at radius 2 is 2.24 bits per heavy atom. The van der Waals surface area contributed by atoms with E-state index >= 15 is 0 Å². The van der Waals surface area contributed by atoms with Crippen LogP contribution in [-0.4, -0.2) is 10.1 Å². The van der Waals surface area contributed by atoms with Gasteiger partial charge in [0.2, 0.25) is 0 Å². The summed E-state index contributed by atoms with van der Waals surface area (Å²) < 4.78 is 10.5. The Morgan fingerprint density at radius 3 is 2.82 bits per heavy atom. The molecule has 2 rings (SSSR count). The van der Waals surface area contributed by atoms with Crippen LogP contribution in [0.15, 0.2) is 22.7 Å². The summed E-state index contributed by atoms with van der Waals surface area (Å²) in [5.74, 6) is 4.40. The van der Waals surface area contributed by atoms with E-state index in [2.05, 4.69) is 16.1 Å². The molecule has 17 heavy (non-hydrogen) atoms. The van der Waals surface area contributed by atoms with Crippen molar-refractivity contribution in [2.24, 2.45) is 0 Å². The van der Waals surface area contributed by atoms with Crippen LogP contribution in [0.3, 0.4) is 0 Å². The van der Waals surface area contributed by atoms with Gasteiger partial charge in [-0.15, -0.1) is 6.42 Å². The molecule has 1 heterocycles. The molecule has 0 spiro atoms. The number of rotatable bonds is 3. The predicted octanol–water partition coefficient (Wildman–Crippen LogP) is 2.25. The van der Waals surface area contributed by atoms with Gasteiger partial charge in [0.25, 0.3) is 5.89 Å². The number of aryl methyl sites for hydroxylation is 2. The summed E-state index contributed by atoms with van der Waals surface area (Å²) in [5, 5.41) is 3.68.